The van der Waals surface area contributed by atoms with Gasteiger partial charge >= 0.3 is 0 Å². The molecule has 0 aliphatic heterocycles. The van der Waals surface area contributed by atoms with Gasteiger partial charge in [0.15, 0.2) is 0 Å². The second-order valence-electron chi connectivity index (χ2n) is 4.85. The van der Waals surface area contributed by atoms with Gasteiger partial charge in [-0.25, -0.2) is 0 Å². The van der Waals surface area contributed by atoms with Gasteiger partial charge in [-0.15, -0.1) is 11.8 Å². The first kappa shape index (κ1) is 13.5. The van der Waals surface area contributed by atoms with Gasteiger partial charge in [-0.1, -0.05) is 37.2 Å². The molecule has 1 fully saturated rings. The summed E-state index contributed by atoms with van der Waals surface area (Å²) in [7, 11) is 0. The molecule has 0 radical (unpaired) electrons. The fraction of sp³-hybridized carbons (Fsp3) is 0.500. The van der Waals surface area contributed by atoms with Crippen LogP contribution in [0.1, 0.15) is 37.7 Å². The van der Waals surface area contributed by atoms with E-state index in [0.717, 1.165) is 11.5 Å². The Labute approximate surface area is 115 Å². The van der Waals surface area contributed by atoms with Crippen molar-refractivity contribution in [2.45, 2.75) is 37.0 Å². The van der Waals surface area contributed by atoms with E-state index in [4.69, 9.17) is 5.73 Å². The zero-order valence-corrected chi connectivity index (χ0v) is 11.6. The number of hydrogen-bond acceptors (Lipinski definition) is 2. The molecule has 2 heteroatoms. The Balaban J connectivity index is 1.88. The molecule has 0 spiro atoms. The Bertz CT molecular complexity index is 424. The summed E-state index contributed by atoms with van der Waals surface area (Å²) in [6.45, 7) is 0.430. The van der Waals surface area contributed by atoms with Gasteiger partial charge in [0, 0.05) is 16.2 Å². The van der Waals surface area contributed by atoms with Crippen LogP contribution in [-0.2, 0) is 0 Å². The maximum atomic E-state index is 5.39. The fourth-order valence-corrected chi connectivity index (χ4v) is 3.53. The van der Waals surface area contributed by atoms with E-state index in [9.17, 15) is 0 Å². The third-order valence-electron chi connectivity index (χ3n) is 3.38. The van der Waals surface area contributed by atoms with Crippen LogP contribution < -0.4 is 5.73 Å². The third kappa shape index (κ3) is 4.40. The van der Waals surface area contributed by atoms with E-state index < -0.39 is 0 Å². The van der Waals surface area contributed by atoms with Gasteiger partial charge < -0.3 is 5.73 Å². The minimum Gasteiger partial charge on any atom is -0.320 e. The van der Waals surface area contributed by atoms with Crippen LogP contribution in [0.2, 0.25) is 0 Å². The molecule has 1 aliphatic rings. The third-order valence-corrected chi connectivity index (χ3v) is 4.60. The van der Waals surface area contributed by atoms with E-state index in [0.29, 0.717) is 6.54 Å². The summed E-state index contributed by atoms with van der Waals surface area (Å²) in [5.74, 6) is 8.18. The molecule has 0 aromatic heterocycles. The zero-order valence-electron chi connectivity index (χ0n) is 10.8. The summed E-state index contributed by atoms with van der Waals surface area (Å²) in [6, 6.07) is 8.49. The molecule has 1 saturated carbocycles. The van der Waals surface area contributed by atoms with Crippen LogP contribution >= 0.6 is 11.8 Å². The highest BCUT2D eigenvalue weighted by molar-refractivity contribution is 7.99. The van der Waals surface area contributed by atoms with Crippen LogP contribution in [0.15, 0.2) is 29.2 Å². The molecule has 1 aromatic carbocycles. The summed E-state index contributed by atoms with van der Waals surface area (Å²) in [4.78, 5) is 1.34. The van der Waals surface area contributed by atoms with Gasteiger partial charge in [0.1, 0.15) is 0 Å². The number of thioether (sulfide) groups is 1. The van der Waals surface area contributed by atoms with Crippen molar-refractivity contribution in [3.05, 3.63) is 29.8 Å². The summed E-state index contributed by atoms with van der Waals surface area (Å²) >= 11 is 1.98. The lowest BCUT2D eigenvalue weighted by atomic mass is 9.91. The summed E-state index contributed by atoms with van der Waals surface area (Å²) in [6.07, 6.45) is 7.12. The second-order valence-corrected chi connectivity index (χ2v) is 5.94. The van der Waals surface area contributed by atoms with Crippen LogP contribution in [0.4, 0.5) is 0 Å². The highest BCUT2D eigenvalue weighted by Crippen LogP contribution is 2.30. The van der Waals surface area contributed by atoms with E-state index >= 15 is 0 Å². The second kappa shape index (κ2) is 7.51. The average molecular weight is 259 g/mol. The molecule has 18 heavy (non-hydrogen) atoms. The first-order valence-electron chi connectivity index (χ1n) is 6.80. The average Bonchev–Trinajstić information content (AvgIpc) is 2.44. The van der Waals surface area contributed by atoms with Crippen molar-refractivity contribution in [2.75, 3.05) is 12.3 Å². The normalized spacial score (nSPS) is 16.1. The number of benzene rings is 1. The van der Waals surface area contributed by atoms with Crippen molar-refractivity contribution in [3.63, 3.8) is 0 Å². The van der Waals surface area contributed by atoms with Crippen molar-refractivity contribution >= 4 is 11.8 Å². The Morgan fingerprint density at radius 3 is 2.83 bits per heavy atom. The van der Waals surface area contributed by atoms with Crippen molar-refractivity contribution in [1.82, 2.24) is 0 Å². The largest absolute Gasteiger partial charge is 0.320 e. The molecule has 2 rings (SSSR count). The highest BCUT2D eigenvalue weighted by Gasteiger charge is 2.13. The molecular formula is C16H21NS. The lowest BCUT2D eigenvalue weighted by Crippen LogP contribution is -2.08. The molecule has 1 aliphatic carbocycles. The van der Waals surface area contributed by atoms with Gasteiger partial charge in [-0.2, -0.15) is 0 Å². The van der Waals surface area contributed by atoms with Crippen LogP contribution in [0.3, 0.4) is 0 Å². The Kier molecular flexibility index (Phi) is 5.64. The standard InChI is InChI=1S/C16H21NS/c17-11-5-9-14-8-4-10-16(12-14)18-13-15-6-2-1-3-7-15/h4,8,10,12,15H,1-3,6-7,11,13,17H2. The van der Waals surface area contributed by atoms with E-state index in [-0.39, 0.29) is 0 Å². The van der Waals surface area contributed by atoms with Crippen molar-refractivity contribution < 1.29 is 0 Å². The summed E-state index contributed by atoms with van der Waals surface area (Å²) in [5, 5.41) is 0. The smallest absolute Gasteiger partial charge is 0.0555 e. The van der Waals surface area contributed by atoms with E-state index in [1.54, 1.807) is 0 Å². The van der Waals surface area contributed by atoms with Crippen LogP contribution in [0, 0.1) is 17.8 Å². The van der Waals surface area contributed by atoms with E-state index in [2.05, 4.69) is 30.0 Å². The Morgan fingerprint density at radius 2 is 2.06 bits per heavy atom. The van der Waals surface area contributed by atoms with Crippen LogP contribution in [-0.4, -0.2) is 12.3 Å². The van der Waals surface area contributed by atoms with Gasteiger partial charge in [0.05, 0.1) is 6.54 Å². The molecule has 0 atom stereocenters. The summed E-state index contributed by atoms with van der Waals surface area (Å²) < 4.78 is 0. The lowest BCUT2D eigenvalue weighted by molar-refractivity contribution is 0.391. The van der Waals surface area contributed by atoms with Gasteiger partial charge in [-0.3, -0.25) is 0 Å². The number of nitrogens with two attached hydrogens (primary N) is 1. The van der Waals surface area contributed by atoms with Gasteiger partial charge in [0.2, 0.25) is 0 Å². The molecule has 0 amide bonds. The SMILES string of the molecule is NCC#Cc1cccc(SCC2CCCCC2)c1. The monoisotopic (exact) mass is 259 g/mol. The molecule has 0 bridgehead atoms. The fourth-order valence-electron chi connectivity index (χ4n) is 2.38. The van der Waals surface area contributed by atoms with Gasteiger partial charge in [0.25, 0.3) is 0 Å². The van der Waals surface area contributed by atoms with Crippen molar-refractivity contribution in [1.29, 1.82) is 0 Å². The molecule has 1 nitrogen and oxygen atoms in total. The van der Waals surface area contributed by atoms with Gasteiger partial charge in [-0.05, 0) is 37.0 Å². The minimum atomic E-state index is 0.430. The maximum absolute atomic E-state index is 5.39. The molecule has 2 N–H and O–H groups in total. The van der Waals surface area contributed by atoms with E-state index in [1.165, 1.54) is 42.8 Å². The first-order chi connectivity index (χ1) is 8.88. The van der Waals surface area contributed by atoms with E-state index in [1.807, 2.05) is 17.8 Å². The van der Waals surface area contributed by atoms with Crippen molar-refractivity contribution in [3.8, 4) is 11.8 Å². The first-order valence-corrected chi connectivity index (χ1v) is 7.79. The maximum Gasteiger partial charge on any atom is 0.0555 e. The van der Waals surface area contributed by atoms with Crippen molar-refractivity contribution in [2.24, 2.45) is 11.7 Å². The number of hydrogen-bond donors (Lipinski definition) is 1. The highest BCUT2D eigenvalue weighted by atomic mass is 32.2. The predicted molar refractivity (Wildman–Crippen MR) is 79.7 cm³/mol. The molecule has 1 aromatic rings. The van der Waals surface area contributed by atoms with Crippen LogP contribution in [0.25, 0.3) is 0 Å². The predicted octanol–water partition coefficient (Wildman–Crippen LogP) is 3.67. The topological polar surface area (TPSA) is 26.0 Å². The number of rotatable bonds is 3. The quantitative estimate of drug-likeness (QED) is 0.662. The Morgan fingerprint density at radius 1 is 1.22 bits per heavy atom. The molecular weight excluding hydrogens is 238 g/mol. The summed E-state index contributed by atoms with van der Waals surface area (Å²) in [5.41, 5.74) is 6.47. The molecule has 0 saturated heterocycles. The zero-order chi connectivity index (χ0) is 12.6. The molecule has 96 valence electrons. The molecule has 0 heterocycles. The van der Waals surface area contributed by atoms with Crippen LogP contribution in [0.5, 0.6) is 0 Å². The molecule has 0 unspecified atom stereocenters. The minimum absolute atomic E-state index is 0.430. The Hall–Kier alpha value is -0.910. The lowest BCUT2D eigenvalue weighted by Gasteiger charge is -2.20.